The summed E-state index contributed by atoms with van der Waals surface area (Å²) in [5.74, 6) is -0.0788. The van der Waals surface area contributed by atoms with Crippen molar-refractivity contribution in [3.05, 3.63) is 24.3 Å². The zero-order valence-corrected chi connectivity index (χ0v) is 8.39. The van der Waals surface area contributed by atoms with Gasteiger partial charge in [-0.15, -0.1) is 0 Å². The van der Waals surface area contributed by atoms with Crippen LogP contribution < -0.4 is 5.32 Å². The smallest absolute Gasteiger partial charge is 0.231 e. The van der Waals surface area contributed by atoms with Gasteiger partial charge in [0.2, 0.25) is 5.91 Å². The predicted octanol–water partition coefficient (Wildman–Crippen LogP) is 2.03. The zero-order valence-electron chi connectivity index (χ0n) is 8.39. The van der Waals surface area contributed by atoms with Crippen molar-refractivity contribution in [3.63, 3.8) is 0 Å². The van der Waals surface area contributed by atoms with Crippen LogP contribution in [0.1, 0.15) is 26.7 Å². The lowest BCUT2D eigenvalue weighted by atomic mass is 10.00. The first-order valence-corrected chi connectivity index (χ1v) is 4.68. The Hall–Kier alpha value is -1.05. The van der Waals surface area contributed by atoms with Gasteiger partial charge in [-0.3, -0.25) is 4.79 Å². The molecule has 0 aromatic rings. The van der Waals surface area contributed by atoms with Gasteiger partial charge in [-0.05, 0) is 26.7 Å². The molecule has 1 amide bonds. The number of nitrogens with one attached hydrogen (secondary N) is 1. The third kappa shape index (κ3) is 2.20. The van der Waals surface area contributed by atoms with E-state index in [0.717, 1.165) is 24.0 Å². The van der Waals surface area contributed by atoms with E-state index < -0.39 is 0 Å². The molecule has 2 nitrogen and oxygen atoms in total. The first-order chi connectivity index (χ1) is 6.02. The topological polar surface area (TPSA) is 29.1 Å². The van der Waals surface area contributed by atoms with Crippen molar-refractivity contribution in [1.29, 1.82) is 0 Å². The Balaban J connectivity index is 2.65. The van der Waals surface area contributed by atoms with E-state index in [1.807, 2.05) is 13.8 Å². The molecule has 1 saturated carbocycles. The van der Waals surface area contributed by atoms with Gasteiger partial charge in [0, 0.05) is 6.04 Å². The van der Waals surface area contributed by atoms with Crippen LogP contribution >= 0.6 is 0 Å². The first-order valence-electron chi connectivity index (χ1n) is 4.68. The van der Waals surface area contributed by atoms with E-state index in [2.05, 4.69) is 18.5 Å². The maximum absolute atomic E-state index is 11.6. The molecule has 0 radical (unpaired) electrons. The highest BCUT2D eigenvalue weighted by molar-refractivity contribution is 5.85. The van der Waals surface area contributed by atoms with E-state index in [9.17, 15) is 4.79 Å². The van der Waals surface area contributed by atoms with E-state index in [1.54, 1.807) is 0 Å². The third-order valence-electron chi connectivity index (χ3n) is 2.28. The molecule has 0 aromatic heterocycles. The Morgan fingerprint density at radius 2 is 1.85 bits per heavy atom. The summed E-state index contributed by atoms with van der Waals surface area (Å²) >= 11 is 0. The van der Waals surface area contributed by atoms with Gasteiger partial charge in [-0.25, -0.2) is 0 Å². The molecule has 2 heteroatoms. The second-order valence-electron chi connectivity index (χ2n) is 3.91. The summed E-state index contributed by atoms with van der Waals surface area (Å²) < 4.78 is 0. The highest BCUT2D eigenvalue weighted by Crippen LogP contribution is 2.33. The lowest BCUT2D eigenvalue weighted by Gasteiger charge is -2.15. The zero-order chi connectivity index (χ0) is 10.0. The summed E-state index contributed by atoms with van der Waals surface area (Å²) in [6.07, 6.45) is 1.82. The number of carbonyl (C=O) groups is 1. The minimum atomic E-state index is -0.137. The van der Waals surface area contributed by atoms with Crippen molar-refractivity contribution < 1.29 is 4.79 Å². The summed E-state index contributed by atoms with van der Waals surface area (Å²) in [6.45, 7) is 11.7. The summed E-state index contributed by atoms with van der Waals surface area (Å²) in [7, 11) is 0. The van der Waals surface area contributed by atoms with Crippen molar-refractivity contribution in [2.24, 2.45) is 5.92 Å². The first kappa shape index (κ1) is 10.0. The highest BCUT2D eigenvalue weighted by atomic mass is 16.1. The Morgan fingerprint density at radius 3 is 2.23 bits per heavy atom. The van der Waals surface area contributed by atoms with Gasteiger partial charge in [0.1, 0.15) is 0 Å². The molecule has 1 N–H and O–H groups in total. The second kappa shape index (κ2) is 3.77. The van der Waals surface area contributed by atoms with Crippen molar-refractivity contribution >= 4 is 5.91 Å². The normalized spacial score (nSPS) is 18.4. The Kier molecular flexibility index (Phi) is 2.91. The molecule has 1 rings (SSSR count). The number of hydrogen-bond donors (Lipinski definition) is 1. The average molecular weight is 179 g/mol. The van der Waals surface area contributed by atoms with Gasteiger partial charge in [0.25, 0.3) is 0 Å². The van der Waals surface area contributed by atoms with Gasteiger partial charge < -0.3 is 5.32 Å². The molecule has 0 atom stereocenters. The molecular weight excluding hydrogens is 162 g/mol. The van der Waals surface area contributed by atoms with Gasteiger partial charge >= 0.3 is 0 Å². The van der Waals surface area contributed by atoms with Gasteiger partial charge in [-0.1, -0.05) is 24.3 Å². The molecule has 0 bridgehead atoms. The minimum Gasteiger partial charge on any atom is -0.353 e. The average Bonchev–Trinajstić information content (AvgIpc) is 2.29. The maximum Gasteiger partial charge on any atom is 0.231 e. The summed E-state index contributed by atoms with van der Waals surface area (Å²) in [5, 5.41) is 2.88. The molecule has 1 fully saturated rings. The van der Waals surface area contributed by atoms with Crippen LogP contribution in [0.5, 0.6) is 0 Å². The van der Waals surface area contributed by atoms with Crippen molar-refractivity contribution in [3.8, 4) is 0 Å². The number of rotatable bonds is 2. The van der Waals surface area contributed by atoms with Crippen molar-refractivity contribution in [1.82, 2.24) is 5.32 Å². The van der Waals surface area contributed by atoms with Crippen LogP contribution in [-0.2, 0) is 4.79 Å². The number of amides is 1. The van der Waals surface area contributed by atoms with Crippen LogP contribution in [0.2, 0.25) is 0 Å². The van der Waals surface area contributed by atoms with E-state index >= 15 is 0 Å². The lowest BCUT2D eigenvalue weighted by Crippen LogP contribution is -2.35. The van der Waals surface area contributed by atoms with Gasteiger partial charge in [0.15, 0.2) is 0 Å². The van der Waals surface area contributed by atoms with Crippen LogP contribution in [0.25, 0.3) is 0 Å². The minimum absolute atomic E-state index is 0.0579. The molecule has 0 heterocycles. The SMILES string of the molecule is C=C1CCC(=C)C1C(=O)NC(C)C. The molecule has 0 aliphatic heterocycles. The monoisotopic (exact) mass is 179 g/mol. The highest BCUT2D eigenvalue weighted by Gasteiger charge is 2.29. The fourth-order valence-corrected chi connectivity index (χ4v) is 1.64. The second-order valence-corrected chi connectivity index (χ2v) is 3.91. The maximum atomic E-state index is 11.6. The third-order valence-corrected chi connectivity index (χ3v) is 2.28. The van der Waals surface area contributed by atoms with Crippen molar-refractivity contribution in [2.45, 2.75) is 32.7 Å². The Morgan fingerprint density at radius 1 is 1.38 bits per heavy atom. The fraction of sp³-hybridized carbons (Fsp3) is 0.545. The molecule has 13 heavy (non-hydrogen) atoms. The lowest BCUT2D eigenvalue weighted by molar-refractivity contribution is -0.123. The molecular formula is C11H17NO. The molecule has 72 valence electrons. The molecule has 1 aliphatic carbocycles. The summed E-state index contributed by atoms with van der Waals surface area (Å²) in [4.78, 5) is 11.6. The molecule has 0 aromatic carbocycles. The largest absolute Gasteiger partial charge is 0.353 e. The number of carbonyl (C=O) groups excluding carboxylic acids is 1. The van der Waals surface area contributed by atoms with Crippen molar-refractivity contribution in [2.75, 3.05) is 0 Å². The van der Waals surface area contributed by atoms with Crippen LogP contribution in [-0.4, -0.2) is 11.9 Å². The summed E-state index contributed by atoms with van der Waals surface area (Å²) in [6, 6.07) is 0.189. The van der Waals surface area contributed by atoms with Crippen LogP contribution in [0.15, 0.2) is 24.3 Å². The summed E-state index contributed by atoms with van der Waals surface area (Å²) in [5.41, 5.74) is 2.01. The molecule has 0 saturated heterocycles. The van der Waals surface area contributed by atoms with Gasteiger partial charge in [-0.2, -0.15) is 0 Å². The van der Waals surface area contributed by atoms with E-state index in [1.165, 1.54) is 0 Å². The van der Waals surface area contributed by atoms with Crippen LogP contribution in [0.3, 0.4) is 0 Å². The predicted molar refractivity (Wildman–Crippen MR) is 54.3 cm³/mol. The van der Waals surface area contributed by atoms with Gasteiger partial charge in [0.05, 0.1) is 5.92 Å². The van der Waals surface area contributed by atoms with E-state index in [4.69, 9.17) is 0 Å². The number of hydrogen-bond acceptors (Lipinski definition) is 1. The Labute approximate surface area is 79.7 Å². The molecule has 0 unspecified atom stereocenters. The quantitative estimate of drug-likeness (QED) is 0.646. The fourth-order valence-electron chi connectivity index (χ4n) is 1.64. The Bertz CT molecular complexity index is 237. The van der Waals surface area contributed by atoms with E-state index in [0.29, 0.717) is 0 Å². The molecule has 1 aliphatic rings. The van der Waals surface area contributed by atoms with Crippen LogP contribution in [0, 0.1) is 5.92 Å². The standard InChI is InChI=1S/C11H17NO/c1-7(2)12-11(13)10-8(3)5-6-9(10)4/h7,10H,3-6H2,1-2H3,(H,12,13). The van der Waals surface area contributed by atoms with Crippen LogP contribution in [0.4, 0.5) is 0 Å². The van der Waals surface area contributed by atoms with E-state index in [-0.39, 0.29) is 17.9 Å². The molecule has 0 spiro atoms.